The van der Waals surface area contributed by atoms with E-state index >= 15 is 0 Å². The molecule has 5 heteroatoms. The number of ether oxygens (including phenoxy) is 1. The highest BCUT2D eigenvalue weighted by atomic mass is 16.5. The number of hydrogen-bond donors (Lipinski definition) is 0. The van der Waals surface area contributed by atoms with Crippen molar-refractivity contribution >= 4 is 5.65 Å². The highest BCUT2D eigenvalue weighted by Gasteiger charge is 2.06. The summed E-state index contributed by atoms with van der Waals surface area (Å²) in [6.07, 6.45) is 5.29. The van der Waals surface area contributed by atoms with E-state index in [0.717, 1.165) is 17.0 Å². The van der Waals surface area contributed by atoms with Crippen molar-refractivity contribution in [1.82, 2.24) is 19.6 Å². The summed E-state index contributed by atoms with van der Waals surface area (Å²) < 4.78 is 6.86. The third-order valence-corrected chi connectivity index (χ3v) is 2.46. The van der Waals surface area contributed by atoms with E-state index in [0.29, 0.717) is 5.82 Å². The average molecular weight is 226 g/mol. The second kappa shape index (κ2) is 3.86. The van der Waals surface area contributed by atoms with Crippen LogP contribution in [0.4, 0.5) is 0 Å². The van der Waals surface area contributed by atoms with E-state index in [2.05, 4.69) is 15.1 Å². The zero-order valence-electron chi connectivity index (χ0n) is 9.24. The van der Waals surface area contributed by atoms with E-state index in [1.165, 1.54) is 0 Å². The van der Waals surface area contributed by atoms with Crippen LogP contribution in [0.25, 0.3) is 17.0 Å². The quantitative estimate of drug-likeness (QED) is 0.668. The van der Waals surface area contributed by atoms with Crippen molar-refractivity contribution in [2.45, 2.75) is 0 Å². The molecule has 17 heavy (non-hydrogen) atoms. The molecule has 0 aliphatic heterocycles. The number of fused-ring (bicyclic) bond motifs is 1. The van der Waals surface area contributed by atoms with Crippen molar-refractivity contribution in [3.63, 3.8) is 0 Å². The van der Waals surface area contributed by atoms with Gasteiger partial charge in [-0.15, -0.1) is 5.10 Å². The number of rotatable bonds is 2. The van der Waals surface area contributed by atoms with Gasteiger partial charge in [0, 0.05) is 30.2 Å². The lowest BCUT2D eigenvalue weighted by Crippen LogP contribution is -1.88. The van der Waals surface area contributed by atoms with E-state index in [1.807, 2.05) is 30.5 Å². The Balaban J connectivity index is 2.14. The summed E-state index contributed by atoms with van der Waals surface area (Å²) in [5, 5.41) is 4.37. The summed E-state index contributed by atoms with van der Waals surface area (Å²) in [6, 6.07) is 7.47. The second-order valence-electron chi connectivity index (χ2n) is 3.55. The second-order valence-corrected chi connectivity index (χ2v) is 3.55. The normalized spacial score (nSPS) is 10.6. The number of pyridine rings is 2. The fourth-order valence-electron chi connectivity index (χ4n) is 1.61. The maximum atomic E-state index is 5.14. The highest BCUT2D eigenvalue weighted by molar-refractivity contribution is 5.57. The Kier molecular flexibility index (Phi) is 2.22. The summed E-state index contributed by atoms with van der Waals surface area (Å²) in [6.45, 7) is 0. The third kappa shape index (κ3) is 1.71. The number of methoxy groups -OCH3 is 1. The molecule has 5 nitrogen and oxygen atoms in total. The van der Waals surface area contributed by atoms with E-state index in [1.54, 1.807) is 24.0 Å². The zero-order valence-corrected chi connectivity index (χ0v) is 9.24. The van der Waals surface area contributed by atoms with Crippen LogP contribution in [0, 0.1) is 0 Å². The topological polar surface area (TPSA) is 52.3 Å². The monoisotopic (exact) mass is 226 g/mol. The van der Waals surface area contributed by atoms with Gasteiger partial charge in [-0.05, 0) is 18.2 Å². The van der Waals surface area contributed by atoms with Crippen molar-refractivity contribution in [3.05, 3.63) is 42.9 Å². The van der Waals surface area contributed by atoms with Gasteiger partial charge in [0.1, 0.15) is 5.75 Å². The summed E-state index contributed by atoms with van der Waals surface area (Å²) in [4.78, 5) is 8.47. The molecule has 3 aromatic heterocycles. The van der Waals surface area contributed by atoms with Crippen LogP contribution in [-0.2, 0) is 0 Å². The molecule has 3 aromatic rings. The predicted molar refractivity (Wildman–Crippen MR) is 62.8 cm³/mol. The van der Waals surface area contributed by atoms with Gasteiger partial charge in [-0.1, -0.05) is 0 Å². The Labute approximate surface area is 97.7 Å². The van der Waals surface area contributed by atoms with Crippen LogP contribution < -0.4 is 4.74 Å². The largest absolute Gasteiger partial charge is 0.497 e. The maximum absolute atomic E-state index is 5.14. The summed E-state index contributed by atoms with van der Waals surface area (Å²) in [5.74, 6) is 1.42. The molecule has 0 aliphatic rings. The zero-order chi connectivity index (χ0) is 11.7. The van der Waals surface area contributed by atoms with Crippen LogP contribution in [-0.4, -0.2) is 26.7 Å². The van der Waals surface area contributed by atoms with Gasteiger partial charge in [-0.25, -0.2) is 9.50 Å². The molecule has 3 rings (SSSR count). The highest BCUT2D eigenvalue weighted by Crippen LogP contribution is 2.17. The first-order chi connectivity index (χ1) is 8.36. The Bertz CT molecular complexity index is 648. The Morgan fingerprint density at radius 2 is 2.24 bits per heavy atom. The lowest BCUT2D eigenvalue weighted by atomic mass is 10.3. The van der Waals surface area contributed by atoms with E-state index in [4.69, 9.17) is 4.74 Å². The van der Waals surface area contributed by atoms with Gasteiger partial charge in [-0.3, -0.25) is 4.98 Å². The van der Waals surface area contributed by atoms with Crippen molar-refractivity contribution in [2.75, 3.05) is 7.11 Å². The molecule has 0 aliphatic carbocycles. The van der Waals surface area contributed by atoms with Gasteiger partial charge in [0.05, 0.1) is 7.11 Å². The van der Waals surface area contributed by atoms with Gasteiger partial charge >= 0.3 is 0 Å². The van der Waals surface area contributed by atoms with Crippen molar-refractivity contribution in [1.29, 1.82) is 0 Å². The molecular formula is C12H10N4O. The van der Waals surface area contributed by atoms with Crippen molar-refractivity contribution in [3.8, 4) is 17.1 Å². The molecular weight excluding hydrogens is 216 g/mol. The lowest BCUT2D eigenvalue weighted by Gasteiger charge is -1.97. The van der Waals surface area contributed by atoms with E-state index < -0.39 is 0 Å². The number of nitrogens with zero attached hydrogens (tertiary/aromatic N) is 4. The molecule has 0 unspecified atom stereocenters. The van der Waals surface area contributed by atoms with Gasteiger partial charge in [-0.2, -0.15) is 0 Å². The number of hydrogen-bond acceptors (Lipinski definition) is 4. The minimum atomic E-state index is 0.659. The number of aromatic nitrogens is 4. The molecule has 3 heterocycles. The van der Waals surface area contributed by atoms with Gasteiger partial charge < -0.3 is 4.74 Å². The summed E-state index contributed by atoms with van der Waals surface area (Å²) in [7, 11) is 1.63. The molecule has 0 saturated heterocycles. The van der Waals surface area contributed by atoms with Gasteiger partial charge in [0.2, 0.25) is 0 Å². The predicted octanol–water partition coefficient (Wildman–Crippen LogP) is 1.80. The van der Waals surface area contributed by atoms with Gasteiger partial charge in [0.15, 0.2) is 11.5 Å². The van der Waals surface area contributed by atoms with E-state index in [9.17, 15) is 0 Å². The van der Waals surface area contributed by atoms with E-state index in [-0.39, 0.29) is 0 Å². The molecule has 0 N–H and O–H groups in total. The minimum Gasteiger partial charge on any atom is -0.497 e. The molecule has 0 spiro atoms. The molecule has 0 fully saturated rings. The van der Waals surface area contributed by atoms with Crippen LogP contribution in [0.5, 0.6) is 5.75 Å². The molecule has 0 amide bonds. The standard InChI is InChI=1S/C12H10N4O/c1-17-10-4-6-16-11(7-10)14-12(15-16)9-3-2-5-13-8-9/h2-8H,1H3. The molecule has 84 valence electrons. The van der Waals surface area contributed by atoms with Crippen LogP contribution in [0.1, 0.15) is 0 Å². The first kappa shape index (κ1) is 9.77. The van der Waals surface area contributed by atoms with Crippen LogP contribution in [0.15, 0.2) is 42.9 Å². The minimum absolute atomic E-state index is 0.659. The molecule has 0 atom stereocenters. The van der Waals surface area contributed by atoms with Crippen molar-refractivity contribution < 1.29 is 4.74 Å². The fourth-order valence-corrected chi connectivity index (χ4v) is 1.61. The third-order valence-electron chi connectivity index (χ3n) is 2.46. The Morgan fingerprint density at radius 1 is 1.29 bits per heavy atom. The fraction of sp³-hybridized carbons (Fsp3) is 0.0833. The molecule has 0 saturated carbocycles. The van der Waals surface area contributed by atoms with Crippen LogP contribution >= 0.6 is 0 Å². The lowest BCUT2D eigenvalue weighted by molar-refractivity contribution is 0.414. The Morgan fingerprint density at radius 3 is 3.00 bits per heavy atom. The van der Waals surface area contributed by atoms with Crippen LogP contribution in [0.3, 0.4) is 0 Å². The van der Waals surface area contributed by atoms with Crippen LogP contribution in [0.2, 0.25) is 0 Å². The maximum Gasteiger partial charge on any atom is 0.183 e. The Hall–Kier alpha value is -2.43. The molecule has 0 radical (unpaired) electrons. The first-order valence-electron chi connectivity index (χ1n) is 5.17. The summed E-state index contributed by atoms with van der Waals surface area (Å²) >= 11 is 0. The average Bonchev–Trinajstić information content (AvgIpc) is 2.82. The first-order valence-corrected chi connectivity index (χ1v) is 5.17. The van der Waals surface area contributed by atoms with Gasteiger partial charge in [0.25, 0.3) is 0 Å². The smallest absolute Gasteiger partial charge is 0.183 e. The molecule has 0 aromatic carbocycles. The van der Waals surface area contributed by atoms with Crippen molar-refractivity contribution in [2.24, 2.45) is 0 Å². The molecule has 0 bridgehead atoms. The summed E-state index contributed by atoms with van der Waals surface area (Å²) in [5.41, 5.74) is 1.65. The SMILES string of the molecule is COc1ccn2nc(-c3cccnc3)nc2c1.